The van der Waals surface area contributed by atoms with Crippen LogP contribution in [0.2, 0.25) is 0 Å². The number of ether oxygens (including phenoxy) is 2. The summed E-state index contributed by atoms with van der Waals surface area (Å²) in [5.41, 5.74) is 1.64. The Morgan fingerprint density at radius 2 is 2.17 bits per heavy atom. The van der Waals surface area contributed by atoms with Gasteiger partial charge in [0.25, 0.3) is 0 Å². The first-order valence-electron chi connectivity index (χ1n) is 10.9. The number of hydrogen-bond donors (Lipinski definition) is 0. The van der Waals surface area contributed by atoms with Gasteiger partial charge in [-0.05, 0) is 64.0 Å². The van der Waals surface area contributed by atoms with Gasteiger partial charge in [0.15, 0.2) is 0 Å². The quantitative estimate of drug-likeness (QED) is 0.721. The Kier molecular flexibility index (Phi) is 6.37. The van der Waals surface area contributed by atoms with Gasteiger partial charge in [-0.1, -0.05) is 5.16 Å². The first-order chi connectivity index (χ1) is 14.5. The van der Waals surface area contributed by atoms with Crippen LogP contribution in [0.4, 0.5) is 0 Å². The van der Waals surface area contributed by atoms with E-state index in [0.29, 0.717) is 18.9 Å². The van der Waals surface area contributed by atoms with Crippen molar-refractivity contribution < 1.29 is 18.8 Å². The fourth-order valence-corrected chi connectivity index (χ4v) is 4.68. The van der Waals surface area contributed by atoms with E-state index in [1.54, 1.807) is 12.4 Å². The van der Waals surface area contributed by atoms with Crippen LogP contribution in [0.15, 0.2) is 29.0 Å². The summed E-state index contributed by atoms with van der Waals surface area (Å²) in [6, 6.07) is 3.83. The SMILES string of the molecule is Cc1noc(C)c1CC(=O)N1CCC2(CC1)CC(CCOc1cccnc1)CCO2. The maximum atomic E-state index is 12.8. The third-order valence-corrected chi connectivity index (χ3v) is 6.56. The van der Waals surface area contributed by atoms with E-state index in [9.17, 15) is 4.79 Å². The molecule has 0 N–H and O–H groups in total. The molecule has 1 amide bonds. The van der Waals surface area contributed by atoms with Crippen LogP contribution in [-0.4, -0.2) is 52.9 Å². The average Bonchev–Trinajstić information content (AvgIpc) is 3.07. The smallest absolute Gasteiger partial charge is 0.227 e. The molecule has 0 radical (unpaired) electrons. The monoisotopic (exact) mass is 413 g/mol. The van der Waals surface area contributed by atoms with E-state index in [1.165, 1.54) is 0 Å². The van der Waals surface area contributed by atoms with Gasteiger partial charge in [0, 0.05) is 31.5 Å². The van der Waals surface area contributed by atoms with E-state index in [0.717, 1.165) is 74.6 Å². The molecule has 7 heteroatoms. The number of piperidine rings is 1. The van der Waals surface area contributed by atoms with Crippen molar-refractivity contribution in [3.63, 3.8) is 0 Å². The summed E-state index contributed by atoms with van der Waals surface area (Å²) >= 11 is 0. The molecule has 1 unspecified atom stereocenters. The number of hydrogen-bond acceptors (Lipinski definition) is 6. The molecule has 2 fully saturated rings. The Morgan fingerprint density at radius 1 is 1.33 bits per heavy atom. The Balaban J connectivity index is 1.25. The van der Waals surface area contributed by atoms with Crippen LogP contribution >= 0.6 is 0 Å². The van der Waals surface area contributed by atoms with Gasteiger partial charge in [0.05, 0.1) is 30.5 Å². The van der Waals surface area contributed by atoms with Crippen LogP contribution in [0, 0.1) is 19.8 Å². The first-order valence-corrected chi connectivity index (χ1v) is 10.9. The molecular weight excluding hydrogens is 382 g/mol. The highest BCUT2D eigenvalue weighted by Crippen LogP contribution is 2.39. The highest BCUT2D eigenvalue weighted by Gasteiger charge is 2.41. The molecular formula is C23H31N3O4. The number of likely N-dealkylation sites (tertiary alicyclic amines) is 1. The lowest BCUT2D eigenvalue weighted by molar-refractivity contribution is -0.147. The molecule has 0 saturated carbocycles. The van der Waals surface area contributed by atoms with Gasteiger partial charge in [-0.3, -0.25) is 9.78 Å². The zero-order chi connectivity index (χ0) is 21.0. The summed E-state index contributed by atoms with van der Waals surface area (Å²) in [6.07, 6.45) is 8.82. The molecule has 0 bridgehead atoms. The second-order valence-electron chi connectivity index (χ2n) is 8.58. The predicted octanol–water partition coefficient (Wildman–Crippen LogP) is 3.49. The van der Waals surface area contributed by atoms with E-state index in [4.69, 9.17) is 14.0 Å². The van der Waals surface area contributed by atoms with Gasteiger partial charge in [-0.2, -0.15) is 0 Å². The lowest BCUT2D eigenvalue weighted by atomic mass is 9.78. The lowest BCUT2D eigenvalue weighted by Crippen LogP contribution is -2.51. The first kappa shape index (κ1) is 20.8. The summed E-state index contributed by atoms with van der Waals surface area (Å²) in [5.74, 6) is 2.31. The van der Waals surface area contributed by atoms with Crippen molar-refractivity contribution in [1.29, 1.82) is 0 Å². The van der Waals surface area contributed by atoms with Gasteiger partial charge in [-0.25, -0.2) is 0 Å². The second-order valence-corrected chi connectivity index (χ2v) is 8.58. The van der Waals surface area contributed by atoms with Crippen LogP contribution < -0.4 is 4.74 Å². The summed E-state index contributed by atoms with van der Waals surface area (Å²) in [4.78, 5) is 18.8. The molecule has 2 aromatic heterocycles. The van der Waals surface area contributed by atoms with Gasteiger partial charge < -0.3 is 18.9 Å². The standard InChI is InChI=1S/C23H31N3O4/c1-17-21(18(2)30-25-17)14-22(27)26-10-7-23(8-11-26)15-19(6-13-29-23)5-12-28-20-4-3-9-24-16-20/h3-4,9,16,19H,5-8,10-15H2,1-2H3. The minimum Gasteiger partial charge on any atom is -0.492 e. The van der Waals surface area contributed by atoms with E-state index in [2.05, 4.69) is 10.1 Å². The second kappa shape index (κ2) is 9.16. The maximum absolute atomic E-state index is 12.8. The molecule has 1 spiro atoms. The average molecular weight is 414 g/mol. The molecule has 4 rings (SSSR count). The van der Waals surface area contributed by atoms with E-state index >= 15 is 0 Å². The van der Waals surface area contributed by atoms with Crippen LogP contribution in [0.5, 0.6) is 5.75 Å². The van der Waals surface area contributed by atoms with Crippen molar-refractivity contribution in [3.8, 4) is 5.75 Å². The highest BCUT2D eigenvalue weighted by atomic mass is 16.5. The normalized spacial score (nSPS) is 21.0. The number of carbonyl (C=O) groups excluding carboxylic acids is 1. The van der Waals surface area contributed by atoms with E-state index in [-0.39, 0.29) is 11.5 Å². The lowest BCUT2D eigenvalue weighted by Gasteiger charge is -2.46. The number of pyridine rings is 1. The maximum Gasteiger partial charge on any atom is 0.227 e. The number of carbonyl (C=O) groups is 1. The molecule has 2 aromatic rings. The summed E-state index contributed by atoms with van der Waals surface area (Å²) < 4.78 is 17.3. The van der Waals surface area contributed by atoms with Gasteiger partial charge >= 0.3 is 0 Å². The Morgan fingerprint density at radius 3 is 2.87 bits per heavy atom. The van der Waals surface area contributed by atoms with Gasteiger partial charge in [0.1, 0.15) is 11.5 Å². The Hall–Kier alpha value is -2.41. The summed E-state index contributed by atoms with van der Waals surface area (Å²) in [7, 11) is 0. The van der Waals surface area contributed by atoms with Crippen LogP contribution in [0.3, 0.4) is 0 Å². The zero-order valence-corrected chi connectivity index (χ0v) is 17.9. The van der Waals surface area contributed by atoms with Crippen LogP contribution in [0.1, 0.15) is 49.1 Å². The minimum atomic E-state index is -0.0863. The minimum absolute atomic E-state index is 0.0863. The molecule has 4 heterocycles. The number of amides is 1. The van der Waals surface area contributed by atoms with Crippen molar-refractivity contribution in [2.45, 2.75) is 58.0 Å². The number of aromatic nitrogens is 2. The molecule has 2 aliphatic heterocycles. The molecule has 7 nitrogen and oxygen atoms in total. The topological polar surface area (TPSA) is 77.7 Å². The molecule has 0 aromatic carbocycles. The molecule has 0 aliphatic carbocycles. The number of aryl methyl sites for hydroxylation is 2. The predicted molar refractivity (Wildman–Crippen MR) is 111 cm³/mol. The Labute approximate surface area is 177 Å². The molecule has 162 valence electrons. The molecule has 2 aliphatic rings. The van der Waals surface area contributed by atoms with Crippen LogP contribution in [0.25, 0.3) is 0 Å². The van der Waals surface area contributed by atoms with Crippen molar-refractivity contribution in [2.75, 3.05) is 26.3 Å². The fourth-order valence-electron chi connectivity index (χ4n) is 4.68. The van der Waals surface area contributed by atoms with Crippen molar-refractivity contribution >= 4 is 5.91 Å². The summed E-state index contributed by atoms with van der Waals surface area (Å²) in [5, 5.41) is 3.96. The van der Waals surface area contributed by atoms with Crippen LogP contribution in [-0.2, 0) is 16.0 Å². The third-order valence-electron chi connectivity index (χ3n) is 6.56. The molecule has 2 saturated heterocycles. The molecule has 1 atom stereocenters. The van der Waals surface area contributed by atoms with Crippen molar-refractivity contribution in [1.82, 2.24) is 15.0 Å². The number of rotatable bonds is 6. The van der Waals surface area contributed by atoms with Gasteiger partial charge in [0.2, 0.25) is 5.91 Å². The largest absolute Gasteiger partial charge is 0.492 e. The zero-order valence-electron chi connectivity index (χ0n) is 17.9. The Bertz CT molecular complexity index is 824. The van der Waals surface area contributed by atoms with E-state index in [1.807, 2.05) is 30.9 Å². The number of nitrogens with zero attached hydrogens (tertiary/aromatic N) is 3. The highest BCUT2D eigenvalue weighted by molar-refractivity contribution is 5.79. The van der Waals surface area contributed by atoms with Gasteiger partial charge in [-0.15, -0.1) is 0 Å². The molecule has 30 heavy (non-hydrogen) atoms. The fraction of sp³-hybridized carbons (Fsp3) is 0.609. The van der Waals surface area contributed by atoms with Crippen molar-refractivity contribution in [3.05, 3.63) is 41.5 Å². The van der Waals surface area contributed by atoms with E-state index < -0.39 is 0 Å². The summed E-state index contributed by atoms with van der Waals surface area (Å²) in [6.45, 7) is 6.75. The van der Waals surface area contributed by atoms with Crippen molar-refractivity contribution in [2.24, 2.45) is 5.92 Å². The third kappa shape index (κ3) is 4.83.